The molecular weight excluding hydrogens is 668 g/mol. The number of carbonyl (C=O) groups excluding carboxylic acids is 1. The second-order valence-electron chi connectivity index (χ2n) is 10.4. The molecule has 0 heterocycles. The summed E-state index contributed by atoms with van der Waals surface area (Å²) in [6, 6.07) is 49.3. The molecule has 6 aromatic carbocycles. The van der Waals surface area contributed by atoms with Gasteiger partial charge in [-0.2, -0.15) is 0 Å². The summed E-state index contributed by atoms with van der Waals surface area (Å²) in [5.74, 6) is -0.163. The topological polar surface area (TPSA) is 93.1 Å². The number of benzene rings is 6. The molecule has 6 rings (SSSR count). The van der Waals surface area contributed by atoms with Crippen LogP contribution in [0.5, 0.6) is 11.5 Å². The van der Waals surface area contributed by atoms with Crippen LogP contribution in [0.4, 0.5) is 0 Å². The summed E-state index contributed by atoms with van der Waals surface area (Å²) in [5, 5.41) is 19.0. The fourth-order valence-corrected chi connectivity index (χ4v) is 4.92. The maximum absolute atomic E-state index is 11.0. The number of aromatic carboxylic acids is 1. The van der Waals surface area contributed by atoms with E-state index in [0.717, 1.165) is 44.5 Å². The normalized spacial score (nSPS) is 9.96. The highest BCUT2D eigenvalue weighted by atomic mass is 79.9. The zero-order chi connectivity index (χ0) is 34.1. The van der Waals surface area contributed by atoms with Crippen molar-refractivity contribution in [2.75, 3.05) is 7.11 Å². The first-order chi connectivity index (χ1) is 23.4. The first-order valence-electron chi connectivity index (χ1n) is 15.0. The highest BCUT2D eigenvalue weighted by Gasteiger charge is 2.06. The predicted molar refractivity (Wildman–Crippen MR) is 194 cm³/mol. The van der Waals surface area contributed by atoms with Crippen molar-refractivity contribution in [2.24, 2.45) is 0 Å². The molecule has 0 bridgehead atoms. The second-order valence-corrected chi connectivity index (χ2v) is 11.0. The van der Waals surface area contributed by atoms with Crippen LogP contribution in [-0.2, 0) is 16.7 Å². The zero-order valence-electron chi connectivity index (χ0n) is 26.3. The SMILES string of the molecule is COC(=O)c1cccc(CBr)c1.O=C(O)c1cccc(COc2cccc(-c3ccccc3)c2)c1.Oc1cccc(-c2ccccc2)c1. The number of methoxy groups -OCH3 is 1. The Hall–Kier alpha value is -5.66. The number of rotatable bonds is 8. The molecule has 0 aliphatic heterocycles. The number of halogens is 1. The number of phenolic OH excluding ortho intramolecular Hbond substituents is 1. The van der Waals surface area contributed by atoms with E-state index in [2.05, 4.69) is 32.8 Å². The summed E-state index contributed by atoms with van der Waals surface area (Å²) in [7, 11) is 1.38. The van der Waals surface area contributed by atoms with Crippen molar-refractivity contribution in [2.45, 2.75) is 11.9 Å². The van der Waals surface area contributed by atoms with Gasteiger partial charge in [-0.3, -0.25) is 0 Å². The van der Waals surface area contributed by atoms with Gasteiger partial charge in [-0.25, -0.2) is 9.59 Å². The van der Waals surface area contributed by atoms with Crippen LogP contribution in [0.15, 0.2) is 158 Å². The molecule has 6 nitrogen and oxygen atoms in total. The Morgan fingerprint density at radius 3 is 1.69 bits per heavy atom. The van der Waals surface area contributed by atoms with E-state index in [1.54, 1.807) is 42.5 Å². The lowest BCUT2D eigenvalue weighted by Crippen LogP contribution is -2.00. The Morgan fingerprint density at radius 2 is 1.10 bits per heavy atom. The molecule has 0 radical (unpaired) electrons. The van der Waals surface area contributed by atoms with E-state index < -0.39 is 5.97 Å². The Kier molecular flexibility index (Phi) is 13.5. The molecule has 48 heavy (non-hydrogen) atoms. The first kappa shape index (κ1) is 35.2. The number of carboxylic acid groups (broad SMARTS) is 1. The van der Waals surface area contributed by atoms with Gasteiger partial charge in [0.25, 0.3) is 0 Å². The van der Waals surface area contributed by atoms with Gasteiger partial charge < -0.3 is 19.7 Å². The average molecular weight is 704 g/mol. The minimum atomic E-state index is -0.932. The van der Waals surface area contributed by atoms with Gasteiger partial charge in [0.2, 0.25) is 0 Å². The average Bonchev–Trinajstić information content (AvgIpc) is 3.15. The number of esters is 1. The van der Waals surface area contributed by atoms with Gasteiger partial charge in [0, 0.05) is 5.33 Å². The van der Waals surface area contributed by atoms with Crippen LogP contribution >= 0.6 is 15.9 Å². The van der Waals surface area contributed by atoms with Crippen LogP contribution in [0, 0.1) is 0 Å². The lowest BCUT2D eigenvalue weighted by Gasteiger charge is -2.09. The van der Waals surface area contributed by atoms with Crippen molar-refractivity contribution in [3.8, 4) is 33.8 Å². The van der Waals surface area contributed by atoms with E-state index in [1.807, 2.05) is 103 Å². The number of aromatic hydroxyl groups is 1. The molecule has 0 aliphatic carbocycles. The number of alkyl halides is 1. The van der Waals surface area contributed by atoms with E-state index in [9.17, 15) is 14.7 Å². The Balaban J connectivity index is 0.000000177. The highest BCUT2D eigenvalue weighted by Crippen LogP contribution is 2.25. The van der Waals surface area contributed by atoms with E-state index in [4.69, 9.17) is 9.84 Å². The predicted octanol–water partition coefficient (Wildman–Crippen LogP) is 10.1. The highest BCUT2D eigenvalue weighted by molar-refractivity contribution is 9.08. The van der Waals surface area contributed by atoms with Crippen LogP contribution in [-0.4, -0.2) is 29.3 Å². The van der Waals surface area contributed by atoms with Crippen molar-refractivity contribution >= 4 is 27.9 Å². The minimum Gasteiger partial charge on any atom is -0.508 e. The molecule has 242 valence electrons. The van der Waals surface area contributed by atoms with Crippen molar-refractivity contribution in [1.29, 1.82) is 0 Å². The monoisotopic (exact) mass is 702 g/mol. The molecule has 6 aromatic rings. The third kappa shape index (κ3) is 11.0. The summed E-state index contributed by atoms with van der Waals surface area (Å²) >= 11 is 3.31. The molecule has 0 unspecified atom stereocenters. The number of carboxylic acids is 1. The Bertz CT molecular complexity index is 1910. The van der Waals surface area contributed by atoms with E-state index in [1.165, 1.54) is 7.11 Å². The molecule has 0 saturated carbocycles. The van der Waals surface area contributed by atoms with Gasteiger partial charge >= 0.3 is 11.9 Å². The number of hydrogen-bond acceptors (Lipinski definition) is 5. The molecule has 0 saturated heterocycles. The van der Waals surface area contributed by atoms with E-state index in [0.29, 0.717) is 17.9 Å². The van der Waals surface area contributed by atoms with E-state index >= 15 is 0 Å². The van der Waals surface area contributed by atoms with Crippen molar-refractivity contribution in [1.82, 2.24) is 0 Å². The summed E-state index contributed by atoms with van der Waals surface area (Å²) in [4.78, 5) is 22.0. The lowest BCUT2D eigenvalue weighted by molar-refractivity contribution is 0.0599. The van der Waals surface area contributed by atoms with Crippen LogP contribution < -0.4 is 4.74 Å². The molecule has 0 atom stereocenters. The van der Waals surface area contributed by atoms with Crippen molar-refractivity contribution in [3.63, 3.8) is 0 Å². The largest absolute Gasteiger partial charge is 0.508 e. The number of hydrogen-bond donors (Lipinski definition) is 2. The molecule has 0 aromatic heterocycles. The smallest absolute Gasteiger partial charge is 0.337 e. The van der Waals surface area contributed by atoms with Gasteiger partial charge in [-0.05, 0) is 81.9 Å². The molecule has 0 spiro atoms. The summed E-state index contributed by atoms with van der Waals surface area (Å²) in [5.41, 5.74) is 7.14. The van der Waals surface area contributed by atoms with Gasteiger partial charge in [-0.1, -0.05) is 125 Å². The van der Waals surface area contributed by atoms with Crippen LogP contribution in [0.25, 0.3) is 22.3 Å². The second kappa shape index (κ2) is 18.5. The fourth-order valence-electron chi connectivity index (χ4n) is 4.57. The van der Waals surface area contributed by atoms with Crippen molar-refractivity contribution < 1.29 is 29.3 Å². The molecule has 0 amide bonds. The lowest BCUT2D eigenvalue weighted by atomic mass is 10.1. The van der Waals surface area contributed by atoms with Crippen molar-refractivity contribution in [3.05, 3.63) is 180 Å². The molecular formula is C41H35BrO6. The third-order valence-corrected chi connectivity index (χ3v) is 7.62. The Morgan fingerprint density at radius 1 is 0.583 bits per heavy atom. The zero-order valence-corrected chi connectivity index (χ0v) is 27.9. The molecule has 0 fully saturated rings. The van der Waals surface area contributed by atoms with Gasteiger partial charge in [0.15, 0.2) is 0 Å². The summed E-state index contributed by atoms with van der Waals surface area (Å²) < 4.78 is 10.4. The minimum absolute atomic E-state index is 0.268. The van der Waals surface area contributed by atoms with Crippen LogP contribution in [0.3, 0.4) is 0 Å². The van der Waals surface area contributed by atoms with Gasteiger partial charge in [0.1, 0.15) is 18.1 Å². The number of phenols is 1. The maximum atomic E-state index is 11.0. The Labute approximate surface area is 289 Å². The number of carbonyl (C=O) groups is 2. The maximum Gasteiger partial charge on any atom is 0.337 e. The summed E-state index contributed by atoms with van der Waals surface area (Å²) in [6.45, 7) is 0.333. The van der Waals surface area contributed by atoms with E-state index in [-0.39, 0.29) is 11.5 Å². The number of ether oxygens (including phenoxy) is 2. The fraction of sp³-hybridized carbons (Fsp3) is 0.0732. The first-order valence-corrected chi connectivity index (χ1v) is 16.2. The molecule has 7 heteroatoms. The third-order valence-electron chi connectivity index (χ3n) is 6.98. The van der Waals surface area contributed by atoms with Crippen LogP contribution in [0.1, 0.15) is 31.8 Å². The molecule has 0 aliphatic rings. The van der Waals surface area contributed by atoms with Gasteiger partial charge in [0.05, 0.1) is 18.2 Å². The standard InChI is InChI=1S/C20H16O3.C12H10O.C9H9BrO2/c21-20(22)18-10-4-6-15(12-18)14-23-19-11-5-9-17(13-19)16-7-2-1-3-8-16;13-12-8-4-7-11(9-12)10-5-2-1-3-6-10;1-12-9(11)8-4-2-3-7(5-8)6-10/h1-13H,14H2,(H,21,22);1-9,13H;2-5H,6H2,1H3. The van der Waals surface area contributed by atoms with Crippen LogP contribution in [0.2, 0.25) is 0 Å². The summed E-state index contributed by atoms with van der Waals surface area (Å²) in [6.07, 6.45) is 0. The van der Waals surface area contributed by atoms with Gasteiger partial charge in [-0.15, -0.1) is 0 Å². The molecule has 2 N–H and O–H groups in total. The quantitative estimate of drug-likeness (QED) is 0.121.